The Morgan fingerprint density at radius 2 is 2.36 bits per heavy atom. The van der Waals surface area contributed by atoms with E-state index in [9.17, 15) is 4.79 Å². The van der Waals surface area contributed by atoms with Gasteiger partial charge in [-0.05, 0) is 19.1 Å². The van der Waals surface area contributed by atoms with Gasteiger partial charge in [0.25, 0.3) is 0 Å². The van der Waals surface area contributed by atoms with Gasteiger partial charge in [0.1, 0.15) is 0 Å². The number of hydrogen-bond donors (Lipinski definition) is 3. The third-order valence-corrected chi connectivity index (χ3v) is 1.90. The quantitative estimate of drug-likeness (QED) is 0.644. The highest BCUT2D eigenvalue weighted by Crippen LogP contribution is 2.24. The van der Waals surface area contributed by atoms with Gasteiger partial charge in [0.05, 0.1) is 23.3 Å². The molecule has 1 heterocycles. The minimum absolute atomic E-state index is 0.200. The molecule has 1 aromatic heterocycles. The van der Waals surface area contributed by atoms with Crippen LogP contribution < -0.4 is 11.5 Å². The van der Waals surface area contributed by atoms with Crippen LogP contribution in [0, 0.1) is 0 Å². The molecular weight excluding hydrogens is 182 g/mol. The van der Waals surface area contributed by atoms with Gasteiger partial charge in [-0.2, -0.15) is 0 Å². The standard InChI is InChI=1S/C9H13N3O2/c1-9(11,5-7(13)14)8-6(10)3-2-4-12-8/h2-4H,5,10-11H2,1H3,(H,13,14)/t9-/m1/s1. The molecule has 5 heteroatoms. The first-order valence-electron chi connectivity index (χ1n) is 4.15. The highest BCUT2D eigenvalue weighted by atomic mass is 16.4. The van der Waals surface area contributed by atoms with Crippen LogP contribution in [0.5, 0.6) is 0 Å². The van der Waals surface area contributed by atoms with E-state index < -0.39 is 11.5 Å². The molecule has 0 aliphatic rings. The van der Waals surface area contributed by atoms with E-state index in [0.29, 0.717) is 11.4 Å². The van der Waals surface area contributed by atoms with Crippen molar-refractivity contribution in [2.45, 2.75) is 18.9 Å². The van der Waals surface area contributed by atoms with E-state index in [4.69, 9.17) is 16.6 Å². The summed E-state index contributed by atoms with van der Waals surface area (Å²) in [6.07, 6.45) is 1.34. The molecule has 0 aromatic carbocycles. The summed E-state index contributed by atoms with van der Waals surface area (Å²) in [7, 11) is 0. The Hall–Kier alpha value is -1.62. The fourth-order valence-electron chi connectivity index (χ4n) is 1.29. The maximum Gasteiger partial charge on any atom is 0.305 e. The number of carboxylic acids is 1. The van der Waals surface area contributed by atoms with Crippen LogP contribution in [0.25, 0.3) is 0 Å². The van der Waals surface area contributed by atoms with Crippen LogP contribution >= 0.6 is 0 Å². The van der Waals surface area contributed by atoms with Crippen LogP contribution in [0.1, 0.15) is 19.0 Å². The summed E-state index contributed by atoms with van der Waals surface area (Å²) < 4.78 is 0. The van der Waals surface area contributed by atoms with Crippen LogP contribution in [-0.4, -0.2) is 16.1 Å². The van der Waals surface area contributed by atoms with E-state index in [-0.39, 0.29) is 6.42 Å². The number of anilines is 1. The Balaban J connectivity index is 3.03. The largest absolute Gasteiger partial charge is 0.481 e. The maximum absolute atomic E-state index is 10.6. The molecular formula is C9H13N3O2. The third-order valence-electron chi connectivity index (χ3n) is 1.90. The molecule has 0 radical (unpaired) electrons. The number of carboxylic acid groups (broad SMARTS) is 1. The van der Waals surface area contributed by atoms with Crippen molar-refractivity contribution in [1.29, 1.82) is 0 Å². The lowest BCUT2D eigenvalue weighted by molar-refractivity contribution is -0.138. The van der Waals surface area contributed by atoms with E-state index >= 15 is 0 Å². The minimum Gasteiger partial charge on any atom is -0.481 e. The molecule has 5 N–H and O–H groups in total. The molecule has 0 aliphatic heterocycles. The number of nitrogens with two attached hydrogens (primary N) is 2. The molecule has 1 rings (SSSR count). The average molecular weight is 195 g/mol. The van der Waals surface area contributed by atoms with E-state index in [1.54, 1.807) is 25.3 Å². The molecule has 76 valence electrons. The van der Waals surface area contributed by atoms with Crippen LogP contribution in [0.15, 0.2) is 18.3 Å². The van der Waals surface area contributed by atoms with Gasteiger partial charge in [0.2, 0.25) is 0 Å². The first-order chi connectivity index (χ1) is 6.43. The lowest BCUT2D eigenvalue weighted by Gasteiger charge is -2.22. The second-order valence-corrected chi connectivity index (χ2v) is 3.43. The summed E-state index contributed by atoms with van der Waals surface area (Å²) in [5, 5.41) is 8.65. The molecule has 14 heavy (non-hydrogen) atoms. The predicted octanol–water partition coefficient (Wildman–Crippen LogP) is 0.312. The highest BCUT2D eigenvalue weighted by Gasteiger charge is 2.27. The fourth-order valence-corrected chi connectivity index (χ4v) is 1.29. The molecule has 1 aromatic rings. The minimum atomic E-state index is -1.03. The van der Waals surface area contributed by atoms with Gasteiger partial charge in [-0.15, -0.1) is 0 Å². The maximum atomic E-state index is 10.6. The smallest absolute Gasteiger partial charge is 0.305 e. The zero-order valence-electron chi connectivity index (χ0n) is 7.90. The van der Waals surface area contributed by atoms with Crippen LogP contribution in [0.2, 0.25) is 0 Å². The van der Waals surface area contributed by atoms with E-state index in [1.807, 2.05) is 0 Å². The van der Waals surface area contributed by atoms with Gasteiger partial charge >= 0.3 is 5.97 Å². The second-order valence-electron chi connectivity index (χ2n) is 3.43. The van der Waals surface area contributed by atoms with E-state index in [1.165, 1.54) is 0 Å². The Kier molecular flexibility index (Phi) is 2.71. The Bertz CT molecular complexity index is 350. The van der Waals surface area contributed by atoms with E-state index in [0.717, 1.165) is 0 Å². The molecule has 0 saturated heterocycles. The van der Waals surface area contributed by atoms with Crippen molar-refractivity contribution in [3.63, 3.8) is 0 Å². The van der Waals surface area contributed by atoms with Crippen molar-refractivity contribution in [2.75, 3.05) is 5.73 Å². The number of aliphatic carboxylic acids is 1. The number of hydrogen-bond acceptors (Lipinski definition) is 4. The summed E-state index contributed by atoms with van der Waals surface area (Å²) >= 11 is 0. The number of rotatable bonds is 3. The fraction of sp³-hybridized carbons (Fsp3) is 0.333. The number of nitrogen functional groups attached to an aromatic ring is 1. The van der Waals surface area contributed by atoms with Gasteiger partial charge < -0.3 is 16.6 Å². The second kappa shape index (κ2) is 3.63. The van der Waals surface area contributed by atoms with Crippen LogP contribution in [0.3, 0.4) is 0 Å². The van der Waals surface area contributed by atoms with Gasteiger partial charge in [-0.3, -0.25) is 9.78 Å². The van der Waals surface area contributed by atoms with Crippen LogP contribution in [-0.2, 0) is 10.3 Å². The number of pyridine rings is 1. The molecule has 0 bridgehead atoms. The molecule has 5 nitrogen and oxygen atoms in total. The number of aromatic nitrogens is 1. The average Bonchev–Trinajstić information content (AvgIpc) is 2.02. The summed E-state index contributed by atoms with van der Waals surface area (Å²) in [6, 6.07) is 3.32. The van der Waals surface area contributed by atoms with Crippen molar-refractivity contribution in [1.82, 2.24) is 4.98 Å². The summed E-state index contributed by atoms with van der Waals surface area (Å²) in [5.41, 5.74) is 11.3. The number of nitrogens with zero attached hydrogens (tertiary/aromatic N) is 1. The lowest BCUT2D eigenvalue weighted by atomic mass is 9.93. The number of carbonyl (C=O) groups is 1. The molecule has 0 spiro atoms. The molecule has 1 atom stereocenters. The van der Waals surface area contributed by atoms with Gasteiger partial charge in [0, 0.05) is 6.20 Å². The van der Waals surface area contributed by atoms with Crippen molar-refractivity contribution in [3.05, 3.63) is 24.0 Å². The SMILES string of the molecule is C[C@@](N)(CC(=O)O)c1ncccc1N. The molecule has 0 fully saturated rings. The van der Waals surface area contributed by atoms with Crippen molar-refractivity contribution >= 4 is 11.7 Å². The Labute approximate surface area is 81.7 Å². The van der Waals surface area contributed by atoms with E-state index in [2.05, 4.69) is 4.98 Å². The van der Waals surface area contributed by atoms with Crippen molar-refractivity contribution in [3.8, 4) is 0 Å². The first kappa shape index (κ1) is 10.5. The summed E-state index contributed by atoms with van der Waals surface area (Å²) in [6.45, 7) is 1.60. The first-order valence-corrected chi connectivity index (χ1v) is 4.15. The van der Waals surface area contributed by atoms with Crippen molar-refractivity contribution < 1.29 is 9.90 Å². The van der Waals surface area contributed by atoms with Gasteiger partial charge in [0.15, 0.2) is 0 Å². The molecule has 0 amide bonds. The molecule has 0 saturated carbocycles. The zero-order chi connectivity index (χ0) is 10.8. The summed E-state index contributed by atoms with van der Waals surface area (Å²) in [4.78, 5) is 14.5. The lowest BCUT2D eigenvalue weighted by Crippen LogP contribution is -2.37. The van der Waals surface area contributed by atoms with Crippen LogP contribution in [0.4, 0.5) is 5.69 Å². The van der Waals surface area contributed by atoms with Gasteiger partial charge in [-0.1, -0.05) is 0 Å². The monoisotopic (exact) mass is 195 g/mol. The Morgan fingerprint density at radius 3 is 2.86 bits per heavy atom. The Morgan fingerprint density at radius 1 is 1.71 bits per heavy atom. The predicted molar refractivity (Wildman–Crippen MR) is 52.4 cm³/mol. The molecule has 0 aliphatic carbocycles. The zero-order valence-corrected chi connectivity index (χ0v) is 7.90. The summed E-state index contributed by atoms with van der Waals surface area (Å²) in [5.74, 6) is -0.972. The normalized spacial score (nSPS) is 14.7. The molecule has 0 unspecified atom stereocenters. The highest BCUT2D eigenvalue weighted by molar-refractivity contribution is 5.69. The topological polar surface area (TPSA) is 102 Å². The third kappa shape index (κ3) is 2.20. The van der Waals surface area contributed by atoms with Crippen molar-refractivity contribution in [2.24, 2.45) is 5.73 Å². The van der Waals surface area contributed by atoms with Gasteiger partial charge in [-0.25, -0.2) is 0 Å².